The summed E-state index contributed by atoms with van der Waals surface area (Å²) in [6.45, 7) is 0. The lowest BCUT2D eigenvalue weighted by Gasteiger charge is -2.10. The van der Waals surface area contributed by atoms with Crippen LogP contribution in [-0.2, 0) is 11.2 Å². The highest BCUT2D eigenvalue weighted by atomic mass is 35.5. The highest BCUT2D eigenvalue weighted by Crippen LogP contribution is 2.13. The van der Waals surface area contributed by atoms with Gasteiger partial charge in [0.1, 0.15) is 0 Å². The summed E-state index contributed by atoms with van der Waals surface area (Å²) < 4.78 is 0. The molecule has 4 heteroatoms. The first-order valence-corrected chi connectivity index (χ1v) is 5.17. The van der Waals surface area contributed by atoms with Crippen molar-refractivity contribution in [1.82, 2.24) is 0 Å². The Balaban J connectivity index is 2.44. The Morgan fingerprint density at radius 2 is 2.27 bits per heavy atom. The summed E-state index contributed by atoms with van der Waals surface area (Å²) >= 11 is 5.82. The van der Waals surface area contributed by atoms with Crippen molar-refractivity contribution in [3.8, 4) is 0 Å². The van der Waals surface area contributed by atoms with Crippen molar-refractivity contribution in [2.75, 3.05) is 0 Å². The number of hydrogen-bond donors (Lipinski definition) is 2. The van der Waals surface area contributed by atoms with E-state index in [9.17, 15) is 4.79 Å². The van der Waals surface area contributed by atoms with Gasteiger partial charge in [-0.05, 0) is 30.5 Å². The first kappa shape index (κ1) is 12.0. The molecule has 0 saturated heterocycles. The molecule has 0 bridgehead atoms. The largest absolute Gasteiger partial charge is 0.481 e. The molecule has 0 saturated carbocycles. The molecule has 3 nitrogen and oxygen atoms in total. The van der Waals surface area contributed by atoms with Gasteiger partial charge in [-0.2, -0.15) is 0 Å². The minimum atomic E-state index is -0.809. The van der Waals surface area contributed by atoms with Crippen LogP contribution >= 0.6 is 11.6 Å². The van der Waals surface area contributed by atoms with Gasteiger partial charge in [-0.3, -0.25) is 4.79 Å². The van der Waals surface area contributed by atoms with Crippen molar-refractivity contribution in [3.05, 3.63) is 34.9 Å². The third kappa shape index (κ3) is 4.81. The van der Waals surface area contributed by atoms with Crippen molar-refractivity contribution in [1.29, 1.82) is 0 Å². The zero-order valence-electron chi connectivity index (χ0n) is 8.32. The molecule has 0 aliphatic rings. The van der Waals surface area contributed by atoms with E-state index in [2.05, 4.69) is 0 Å². The molecule has 15 heavy (non-hydrogen) atoms. The summed E-state index contributed by atoms with van der Waals surface area (Å²) in [6, 6.07) is 7.32. The number of carboxylic acids is 1. The highest BCUT2D eigenvalue weighted by Gasteiger charge is 2.06. The zero-order chi connectivity index (χ0) is 11.3. The predicted molar refractivity (Wildman–Crippen MR) is 60.0 cm³/mol. The smallest absolute Gasteiger partial charge is 0.303 e. The quantitative estimate of drug-likeness (QED) is 0.810. The molecule has 0 spiro atoms. The molecule has 3 N–H and O–H groups in total. The van der Waals surface area contributed by atoms with E-state index in [1.54, 1.807) is 6.07 Å². The maximum Gasteiger partial charge on any atom is 0.303 e. The molecule has 1 aromatic rings. The molecule has 0 heterocycles. The number of benzene rings is 1. The van der Waals surface area contributed by atoms with Crippen molar-refractivity contribution in [3.63, 3.8) is 0 Å². The normalized spacial score (nSPS) is 12.4. The van der Waals surface area contributed by atoms with Crippen molar-refractivity contribution in [2.45, 2.75) is 25.3 Å². The van der Waals surface area contributed by atoms with Gasteiger partial charge in [-0.25, -0.2) is 0 Å². The second-order valence-electron chi connectivity index (χ2n) is 3.53. The number of rotatable bonds is 5. The Hall–Kier alpha value is -1.06. The summed E-state index contributed by atoms with van der Waals surface area (Å²) in [5.74, 6) is -0.809. The minimum absolute atomic E-state index is 0.113. The van der Waals surface area contributed by atoms with Crippen LogP contribution in [0.25, 0.3) is 0 Å². The molecule has 0 aromatic heterocycles. The Kier molecular flexibility index (Phi) is 4.59. The third-order valence-corrected chi connectivity index (χ3v) is 2.35. The summed E-state index contributed by atoms with van der Waals surface area (Å²) in [5.41, 5.74) is 6.84. The fourth-order valence-electron chi connectivity index (χ4n) is 1.38. The summed E-state index contributed by atoms with van der Waals surface area (Å²) in [5, 5.41) is 9.17. The van der Waals surface area contributed by atoms with Gasteiger partial charge in [0.25, 0.3) is 0 Å². The average Bonchev–Trinajstić information content (AvgIpc) is 2.15. The van der Waals surface area contributed by atoms with Crippen LogP contribution in [0.3, 0.4) is 0 Å². The number of carbonyl (C=O) groups is 1. The molecular formula is C11H14ClNO2. The fourth-order valence-corrected chi connectivity index (χ4v) is 1.59. The monoisotopic (exact) mass is 227 g/mol. The Morgan fingerprint density at radius 1 is 1.53 bits per heavy atom. The van der Waals surface area contributed by atoms with Crippen LogP contribution in [0.4, 0.5) is 0 Å². The zero-order valence-corrected chi connectivity index (χ0v) is 9.07. The van der Waals surface area contributed by atoms with Gasteiger partial charge >= 0.3 is 5.97 Å². The van der Waals surface area contributed by atoms with E-state index in [-0.39, 0.29) is 12.5 Å². The molecular weight excluding hydrogens is 214 g/mol. The first-order chi connectivity index (χ1) is 7.08. The topological polar surface area (TPSA) is 63.3 Å². The molecule has 1 atom stereocenters. The van der Waals surface area contributed by atoms with Crippen LogP contribution in [0.1, 0.15) is 18.4 Å². The van der Waals surface area contributed by atoms with E-state index < -0.39 is 5.97 Å². The first-order valence-electron chi connectivity index (χ1n) is 4.80. The van der Waals surface area contributed by atoms with Crippen LogP contribution in [0.5, 0.6) is 0 Å². The predicted octanol–water partition coefficient (Wildman–Crippen LogP) is 2.07. The Bertz CT molecular complexity index is 341. The maximum atomic E-state index is 10.3. The van der Waals surface area contributed by atoms with Crippen molar-refractivity contribution >= 4 is 17.6 Å². The lowest BCUT2D eigenvalue weighted by atomic mass is 10.0. The third-order valence-electron chi connectivity index (χ3n) is 2.12. The highest BCUT2D eigenvalue weighted by molar-refractivity contribution is 6.30. The average molecular weight is 228 g/mol. The lowest BCUT2D eigenvalue weighted by molar-refractivity contribution is -0.137. The van der Waals surface area contributed by atoms with E-state index in [1.165, 1.54) is 0 Å². The number of aliphatic carboxylic acids is 1. The van der Waals surface area contributed by atoms with E-state index in [4.69, 9.17) is 22.4 Å². The number of carboxylic acid groups (broad SMARTS) is 1. The van der Waals surface area contributed by atoms with E-state index in [0.717, 1.165) is 5.56 Å². The van der Waals surface area contributed by atoms with E-state index in [0.29, 0.717) is 17.9 Å². The van der Waals surface area contributed by atoms with Gasteiger partial charge in [-0.1, -0.05) is 23.7 Å². The van der Waals surface area contributed by atoms with Crippen LogP contribution in [0, 0.1) is 0 Å². The molecule has 0 aliphatic heterocycles. The van der Waals surface area contributed by atoms with Crippen LogP contribution < -0.4 is 5.73 Å². The van der Waals surface area contributed by atoms with Crippen LogP contribution in [-0.4, -0.2) is 17.1 Å². The molecule has 0 unspecified atom stereocenters. The summed E-state index contributed by atoms with van der Waals surface area (Å²) in [7, 11) is 0. The van der Waals surface area contributed by atoms with Gasteiger partial charge in [-0.15, -0.1) is 0 Å². The SMILES string of the molecule is N[C@H](CCC(=O)O)Cc1cccc(Cl)c1. The van der Waals surface area contributed by atoms with Gasteiger partial charge in [0.05, 0.1) is 0 Å². The van der Waals surface area contributed by atoms with Gasteiger partial charge in [0.2, 0.25) is 0 Å². The molecule has 1 aromatic carbocycles. The fraction of sp³-hybridized carbons (Fsp3) is 0.364. The van der Waals surface area contributed by atoms with E-state index >= 15 is 0 Å². The van der Waals surface area contributed by atoms with E-state index in [1.807, 2.05) is 18.2 Å². The molecule has 0 aliphatic carbocycles. The molecule has 0 radical (unpaired) electrons. The Morgan fingerprint density at radius 3 is 2.87 bits per heavy atom. The molecule has 82 valence electrons. The number of halogens is 1. The molecule has 1 rings (SSSR count). The number of hydrogen-bond acceptors (Lipinski definition) is 2. The molecule has 0 amide bonds. The lowest BCUT2D eigenvalue weighted by Crippen LogP contribution is -2.23. The van der Waals surface area contributed by atoms with Crippen molar-refractivity contribution < 1.29 is 9.90 Å². The Labute approximate surface area is 93.9 Å². The maximum absolute atomic E-state index is 10.3. The van der Waals surface area contributed by atoms with Gasteiger partial charge in [0.15, 0.2) is 0 Å². The summed E-state index contributed by atoms with van der Waals surface area (Å²) in [6.07, 6.45) is 1.26. The van der Waals surface area contributed by atoms with Crippen LogP contribution in [0.15, 0.2) is 24.3 Å². The standard InChI is InChI=1S/C11H14ClNO2/c12-9-3-1-2-8(6-9)7-10(13)4-5-11(14)15/h1-3,6,10H,4-5,7,13H2,(H,14,15)/t10-/m1/s1. The second kappa shape index (κ2) is 5.73. The summed E-state index contributed by atoms with van der Waals surface area (Å²) in [4.78, 5) is 10.3. The minimum Gasteiger partial charge on any atom is -0.481 e. The molecule has 0 fully saturated rings. The van der Waals surface area contributed by atoms with Crippen LogP contribution in [0.2, 0.25) is 5.02 Å². The van der Waals surface area contributed by atoms with Gasteiger partial charge in [0, 0.05) is 17.5 Å². The van der Waals surface area contributed by atoms with Crippen molar-refractivity contribution in [2.24, 2.45) is 5.73 Å². The second-order valence-corrected chi connectivity index (χ2v) is 3.96. The number of nitrogens with two attached hydrogens (primary N) is 1. The van der Waals surface area contributed by atoms with Gasteiger partial charge < -0.3 is 10.8 Å².